The van der Waals surface area contributed by atoms with Gasteiger partial charge in [-0.05, 0) is 69.9 Å². The first kappa shape index (κ1) is 31.0. The van der Waals surface area contributed by atoms with E-state index in [4.69, 9.17) is 4.74 Å². The average Bonchev–Trinajstić information content (AvgIpc) is 3.49. The van der Waals surface area contributed by atoms with Crippen molar-refractivity contribution in [2.24, 2.45) is 0 Å². The second-order valence-corrected chi connectivity index (χ2v) is 13.5. The Labute approximate surface area is 254 Å². The first-order chi connectivity index (χ1) is 20.7. The lowest BCUT2D eigenvalue weighted by Crippen LogP contribution is -2.35. The fourth-order valence-electron chi connectivity index (χ4n) is 5.09. The average molecular weight is 625 g/mol. The summed E-state index contributed by atoms with van der Waals surface area (Å²) in [7, 11) is -3.92. The molecular formula is C30H36N6O5S2. The van der Waals surface area contributed by atoms with Gasteiger partial charge in [-0.1, -0.05) is 36.5 Å². The molecule has 0 unspecified atom stereocenters. The Morgan fingerprint density at radius 1 is 0.930 bits per heavy atom. The van der Waals surface area contributed by atoms with Gasteiger partial charge in [-0.15, -0.1) is 10.2 Å². The minimum absolute atomic E-state index is 0.0105. The molecule has 228 valence electrons. The Hall–Kier alpha value is -3.49. The van der Waals surface area contributed by atoms with Gasteiger partial charge in [-0.2, -0.15) is 0 Å². The highest BCUT2D eigenvalue weighted by Crippen LogP contribution is 2.39. The highest BCUT2D eigenvalue weighted by atomic mass is 32.2. The van der Waals surface area contributed by atoms with Crippen molar-refractivity contribution < 1.29 is 13.2 Å². The fourth-order valence-corrected chi connectivity index (χ4v) is 7.48. The molecule has 1 fully saturated rings. The molecule has 1 aliphatic rings. The fraction of sp³-hybridized carbons (Fsp3) is 0.400. The van der Waals surface area contributed by atoms with Crippen LogP contribution in [0.5, 0.6) is 0 Å². The molecule has 1 saturated carbocycles. The van der Waals surface area contributed by atoms with E-state index in [1.165, 1.54) is 17.4 Å². The maximum atomic E-state index is 13.3. The standard InChI is InChI=1S/C30H36N6O5S2/c1-4-32-43(39,40)24-16-22(34-26-25(27(37)28(26)38)33-21-8-6-5-7-9-21)14-15-23(24)30-36-35-29(42-30)19-10-12-20(13-11-19)31-17-41-18(2)3/h5-9,14-16,18-20,31-34H,4,10-13,17H2,1-3H3. The van der Waals surface area contributed by atoms with Gasteiger partial charge in [0.25, 0.3) is 10.9 Å². The van der Waals surface area contributed by atoms with E-state index in [2.05, 4.69) is 30.9 Å². The van der Waals surface area contributed by atoms with Crippen LogP contribution in [0.1, 0.15) is 57.4 Å². The van der Waals surface area contributed by atoms with Crippen molar-refractivity contribution in [3.63, 3.8) is 0 Å². The summed E-state index contributed by atoms with van der Waals surface area (Å²) in [6.07, 6.45) is 4.10. The summed E-state index contributed by atoms with van der Waals surface area (Å²) in [5.74, 6) is 0.259. The number of sulfonamides is 1. The molecule has 3 aromatic carbocycles. The molecule has 0 amide bonds. The first-order valence-corrected chi connectivity index (χ1v) is 16.7. The number of nitrogens with one attached hydrogen (secondary N) is 4. The number of anilines is 4. The first-order valence-electron chi connectivity index (χ1n) is 14.4. The van der Waals surface area contributed by atoms with Crippen molar-refractivity contribution in [2.75, 3.05) is 23.9 Å². The van der Waals surface area contributed by atoms with Crippen LogP contribution < -0.4 is 31.5 Å². The van der Waals surface area contributed by atoms with E-state index in [9.17, 15) is 18.0 Å². The van der Waals surface area contributed by atoms with Crippen molar-refractivity contribution in [1.29, 1.82) is 0 Å². The van der Waals surface area contributed by atoms with Crippen molar-refractivity contribution in [2.45, 2.75) is 69.4 Å². The smallest absolute Gasteiger partial charge is 0.253 e. The van der Waals surface area contributed by atoms with Crippen molar-refractivity contribution in [1.82, 2.24) is 20.2 Å². The number of hydrogen-bond acceptors (Lipinski definition) is 11. The number of rotatable bonds is 13. The predicted octanol–water partition coefficient (Wildman–Crippen LogP) is 4.58. The maximum Gasteiger partial charge on any atom is 0.253 e. The number of hydrogen-bond donors (Lipinski definition) is 4. The third-order valence-electron chi connectivity index (χ3n) is 7.36. The Bertz CT molecular complexity index is 1720. The van der Waals surface area contributed by atoms with Crippen LogP contribution in [0.2, 0.25) is 0 Å². The van der Waals surface area contributed by atoms with E-state index >= 15 is 0 Å². The van der Waals surface area contributed by atoms with Gasteiger partial charge in [0.05, 0.1) is 17.7 Å². The highest BCUT2D eigenvalue weighted by Gasteiger charge is 2.28. The van der Waals surface area contributed by atoms with E-state index in [1.807, 2.05) is 32.0 Å². The molecule has 0 radical (unpaired) electrons. The van der Waals surface area contributed by atoms with E-state index in [0.717, 1.165) is 30.7 Å². The molecule has 1 aliphatic carbocycles. The number of para-hydroxylation sites is 1. The number of aromatic nitrogens is 2. The van der Waals surface area contributed by atoms with Gasteiger partial charge < -0.3 is 15.4 Å². The van der Waals surface area contributed by atoms with Crippen LogP contribution in [0.25, 0.3) is 10.6 Å². The van der Waals surface area contributed by atoms with Crippen LogP contribution >= 0.6 is 11.3 Å². The van der Waals surface area contributed by atoms with Crippen LogP contribution in [-0.4, -0.2) is 44.0 Å². The summed E-state index contributed by atoms with van der Waals surface area (Å²) in [6.45, 7) is 6.47. The quantitative estimate of drug-likeness (QED) is 0.123. The van der Waals surface area contributed by atoms with E-state index in [0.29, 0.717) is 34.7 Å². The van der Waals surface area contributed by atoms with Gasteiger partial charge in [0.2, 0.25) is 10.0 Å². The molecule has 1 aromatic heterocycles. The summed E-state index contributed by atoms with van der Waals surface area (Å²) in [4.78, 5) is 24.7. The lowest BCUT2D eigenvalue weighted by molar-refractivity contribution is 0.0545. The molecular weight excluding hydrogens is 589 g/mol. The largest absolute Gasteiger partial charge is 0.364 e. The second kappa shape index (κ2) is 13.4. The summed E-state index contributed by atoms with van der Waals surface area (Å²) in [6, 6.07) is 14.2. The SMILES string of the molecule is CCNS(=O)(=O)c1cc(Nc2c(Nc3ccccc3)c(=O)c2=O)ccc1-c1nnc(C2CCC(NCOC(C)C)CC2)s1. The zero-order valence-electron chi connectivity index (χ0n) is 24.3. The Morgan fingerprint density at radius 3 is 2.26 bits per heavy atom. The van der Waals surface area contributed by atoms with Crippen molar-refractivity contribution in [3.05, 3.63) is 74.0 Å². The van der Waals surface area contributed by atoms with Gasteiger partial charge >= 0.3 is 0 Å². The zero-order valence-corrected chi connectivity index (χ0v) is 26.0. The number of ether oxygens (including phenoxy) is 1. The minimum atomic E-state index is -3.92. The number of nitrogens with zero attached hydrogens (tertiary/aromatic N) is 2. The topological polar surface area (TPSA) is 151 Å². The Balaban J connectivity index is 1.36. The molecule has 4 aromatic rings. The molecule has 43 heavy (non-hydrogen) atoms. The van der Waals surface area contributed by atoms with Gasteiger partial charge in [0.1, 0.15) is 21.4 Å². The Morgan fingerprint density at radius 2 is 1.60 bits per heavy atom. The van der Waals surface area contributed by atoms with Gasteiger partial charge in [0.15, 0.2) is 0 Å². The lowest BCUT2D eigenvalue weighted by Gasteiger charge is -2.28. The number of benzene rings is 2. The summed E-state index contributed by atoms with van der Waals surface area (Å²) in [5, 5.41) is 19.6. The maximum absolute atomic E-state index is 13.3. The van der Waals surface area contributed by atoms with Crippen molar-refractivity contribution in [3.8, 4) is 10.6 Å². The van der Waals surface area contributed by atoms with Crippen LogP contribution in [0.15, 0.2) is 63.0 Å². The molecule has 0 aliphatic heterocycles. The summed E-state index contributed by atoms with van der Waals surface area (Å²) >= 11 is 1.40. The minimum Gasteiger partial charge on any atom is -0.364 e. The van der Waals surface area contributed by atoms with Crippen LogP contribution in [0.3, 0.4) is 0 Å². The third kappa shape index (κ3) is 7.19. The highest BCUT2D eigenvalue weighted by molar-refractivity contribution is 7.89. The van der Waals surface area contributed by atoms with E-state index < -0.39 is 20.9 Å². The molecule has 5 rings (SSSR count). The molecule has 4 N–H and O–H groups in total. The third-order valence-corrected chi connectivity index (χ3v) is 10.1. The molecule has 0 spiro atoms. The van der Waals surface area contributed by atoms with Crippen LogP contribution in [0.4, 0.5) is 22.7 Å². The molecule has 1 heterocycles. The van der Waals surface area contributed by atoms with Gasteiger partial charge in [-0.3, -0.25) is 14.9 Å². The van der Waals surface area contributed by atoms with E-state index in [-0.39, 0.29) is 34.8 Å². The normalized spacial score (nSPS) is 17.4. The van der Waals surface area contributed by atoms with Crippen molar-refractivity contribution >= 4 is 44.1 Å². The molecule has 0 saturated heterocycles. The molecule has 13 heteroatoms. The zero-order chi connectivity index (χ0) is 30.6. The predicted molar refractivity (Wildman–Crippen MR) is 170 cm³/mol. The molecule has 11 nitrogen and oxygen atoms in total. The second-order valence-electron chi connectivity index (χ2n) is 10.8. The molecule has 0 atom stereocenters. The van der Waals surface area contributed by atoms with Gasteiger partial charge in [-0.25, -0.2) is 13.1 Å². The Kier molecular flexibility index (Phi) is 9.67. The van der Waals surface area contributed by atoms with Gasteiger partial charge in [0, 0.05) is 35.4 Å². The summed E-state index contributed by atoms with van der Waals surface area (Å²) in [5.41, 5.74) is 0.308. The molecule has 0 bridgehead atoms. The van der Waals surface area contributed by atoms with E-state index in [1.54, 1.807) is 31.2 Å². The monoisotopic (exact) mass is 624 g/mol. The van der Waals surface area contributed by atoms with Crippen LogP contribution in [0, 0.1) is 0 Å². The summed E-state index contributed by atoms with van der Waals surface area (Å²) < 4.78 is 34.8. The lowest BCUT2D eigenvalue weighted by atomic mass is 9.86. The van der Waals surface area contributed by atoms with Crippen LogP contribution in [-0.2, 0) is 14.8 Å².